The third-order valence-electron chi connectivity index (χ3n) is 4.58. The van der Waals surface area contributed by atoms with E-state index in [4.69, 9.17) is 4.74 Å². The van der Waals surface area contributed by atoms with Gasteiger partial charge >= 0.3 is 0 Å². The highest BCUT2D eigenvalue weighted by atomic mass is 16.5. The van der Waals surface area contributed by atoms with Crippen LogP contribution < -0.4 is 5.32 Å². The Balaban J connectivity index is 1.76. The van der Waals surface area contributed by atoms with E-state index in [9.17, 15) is 4.79 Å². The van der Waals surface area contributed by atoms with Crippen LogP contribution in [0.2, 0.25) is 0 Å². The number of hydrogen-bond acceptors (Lipinski definition) is 3. The van der Waals surface area contributed by atoms with Crippen molar-refractivity contribution in [3.63, 3.8) is 0 Å². The van der Waals surface area contributed by atoms with Crippen LogP contribution >= 0.6 is 0 Å². The Hall–Kier alpha value is -1.39. The summed E-state index contributed by atoms with van der Waals surface area (Å²) in [6.07, 6.45) is 3.09. The normalized spacial score (nSPS) is 32.3. The fourth-order valence-electron chi connectivity index (χ4n) is 3.36. The first-order valence-electron chi connectivity index (χ1n) is 7.99. The number of rotatable bonds is 5. The van der Waals surface area contributed by atoms with Gasteiger partial charge in [0.2, 0.25) is 5.91 Å². The fraction of sp³-hybridized carbons (Fsp3) is 0.588. The Kier molecular flexibility index (Phi) is 4.27. The quantitative estimate of drug-likeness (QED) is 0.905. The van der Waals surface area contributed by atoms with Crippen LogP contribution in [0.1, 0.15) is 44.8 Å². The maximum Gasteiger partial charge on any atom is 0.241 e. The van der Waals surface area contributed by atoms with Gasteiger partial charge < -0.3 is 9.64 Å². The van der Waals surface area contributed by atoms with Gasteiger partial charge in [0.05, 0.1) is 12.1 Å². The molecule has 0 spiro atoms. The SMILES string of the molecule is CCOC1CC(N2C(=O)C(CC)NC2c2ccccc2)C1. The summed E-state index contributed by atoms with van der Waals surface area (Å²) < 4.78 is 5.64. The molecule has 4 nitrogen and oxygen atoms in total. The lowest BCUT2D eigenvalue weighted by Gasteiger charge is -2.43. The van der Waals surface area contributed by atoms with Crippen molar-refractivity contribution < 1.29 is 9.53 Å². The number of carbonyl (C=O) groups is 1. The van der Waals surface area contributed by atoms with Crippen molar-refractivity contribution in [1.82, 2.24) is 10.2 Å². The number of ether oxygens (including phenoxy) is 1. The van der Waals surface area contributed by atoms with Crippen LogP contribution in [0.5, 0.6) is 0 Å². The summed E-state index contributed by atoms with van der Waals surface area (Å²) in [5.41, 5.74) is 1.17. The van der Waals surface area contributed by atoms with E-state index in [0.29, 0.717) is 12.1 Å². The highest BCUT2D eigenvalue weighted by Gasteiger charge is 2.46. The first-order chi connectivity index (χ1) is 10.2. The molecule has 1 saturated carbocycles. The summed E-state index contributed by atoms with van der Waals surface area (Å²) in [6, 6.07) is 10.5. The minimum atomic E-state index is -0.0543. The molecule has 21 heavy (non-hydrogen) atoms. The zero-order valence-corrected chi connectivity index (χ0v) is 12.8. The van der Waals surface area contributed by atoms with E-state index in [2.05, 4.69) is 29.3 Å². The van der Waals surface area contributed by atoms with Crippen LogP contribution in [-0.2, 0) is 9.53 Å². The molecule has 1 aromatic carbocycles. The zero-order valence-electron chi connectivity index (χ0n) is 12.8. The number of carbonyl (C=O) groups excluding carboxylic acids is 1. The van der Waals surface area contributed by atoms with E-state index < -0.39 is 0 Å². The monoisotopic (exact) mass is 288 g/mol. The maximum atomic E-state index is 12.6. The van der Waals surface area contributed by atoms with E-state index in [1.165, 1.54) is 5.56 Å². The first kappa shape index (κ1) is 14.5. The summed E-state index contributed by atoms with van der Waals surface area (Å²) in [5, 5.41) is 3.49. The van der Waals surface area contributed by atoms with E-state index >= 15 is 0 Å². The first-order valence-corrected chi connectivity index (χ1v) is 7.99. The molecule has 1 aliphatic carbocycles. The van der Waals surface area contributed by atoms with E-state index in [1.54, 1.807) is 0 Å². The van der Waals surface area contributed by atoms with Gasteiger partial charge in [-0.25, -0.2) is 0 Å². The molecule has 0 radical (unpaired) electrons. The molecule has 1 aliphatic heterocycles. The lowest BCUT2D eigenvalue weighted by atomic mass is 9.87. The predicted molar refractivity (Wildman–Crippen MR) is 81.7 cm³/mol. The number of nitrogens with zero attached hydrogens (tertiary/aromatic N) is 1. The number of nitrogens with one attached hydrogen (secondary N) is 1. The Morgan fingerprint density at radius 2 is 1.95 bits per heavy atom. The summed E-state index contributed by atoms with van der Waals surface area (Å²) in [6.45, 7) is 4.84. The van der Waals surface area contributed by atoms with E-state index in [0.717, 1.165) is 25.9 Å². The molecular weight excluding hydrogens is 264 g/mol. The Morgan fingerprint density at radius 3 is 2.57 bits per heavy atom. The lowest BCUT2D eigenvalue weighted by molar-refractivity contribution is -0.138. The Morgan fingerprint density at radius 1 is 1.24 bits per heavy atom. The minimum absolute atomic E-state index is 0.0104. The Labute approximate surface area is 126 Å². The molecule has 1 aromatic rings. The van der Waals surface area contributed by atoms with Gasteiger partial charge in [-0.2, -0.15) is 0 Å². The predicted octanol–water partition coefficient (Wildman–Crippen LogP) is 2.46. The molecule has 3 rings (SSSR count). The highest BCUT2D eigenvalue weighted by Crippen LogP contribution is 2.37. The van der Waals surface area contributed by atoms with Crippen LogP contribution in [0, 0.1) is 0 Å². The summed E-state index contributed by atoms with van der Waals surface area (Å²) in [7, 11) is 0. The number of hydrogen-bond donors (Lipinski definition) is 1. The molecule has 2 atom stereocenters. The molecule has 1 heterocycles. The van der Waals surface area contributed by atoms with Crippen LogP contribution in [0.3, 0.4) is 0 Å². The van der Waals surface area contributed by atoms with Gasteiger partial charge in [0.25, 0.3) is 0 Å². The molecule has 114 valence electrons. The van der Waals surface area contributed by atoms with Crippen molar-refractivity contribution in [2.75, 3.05) is 6.61 Å². The van der Waals surface area contributed by atoms with Gasteiger partial charge in [-0.05, 0) is 31.7 Å². The molecule has 0 aromatic heterocycles. The van der Waals surface area contributed by atoms with Crippen molar-refractivity contribution >= 4 is 5.91 Å². The van der Waals surface area contributed by atoms with Gasteiger partial charge in [-0.15, -0.1) is 0 Å². The van der Waals surface area contributed by atoms with Crippen molar-refractivity contribution in [2.45, 2.75) is 57.5 Å². The highest BCUT2D eigenvalue weighted by molar-refractivity contribution is 5.85. The fourth-order valence-corrected chi connectivity index (χ4v) is 3.36. The molecule has 0 bridgehead atoms. The molecule has 2 aliphatic rings. The van der Waals surface area contributed by atoms with Crippen molar-refractivity contribution in [3.8, 4) is 0 Å². The molecule has 2 fully saturated rings. The standard InChI is InChI=1S/C17H24N2O2/c1-3-15-17(20)19(13-10-14(11-13)21-4-2)16(18-15)12-8-6-5-7-9-12/h5-9,13-16,18H,3-4,10-11H2,1-2H3. The van der Waals surface area contributed by atoms with E-state index in [1.807, 2.05) is 25.1 Å². The van der Waals surface area contributed by atoms with Gasteiger partial charge in [-0.1, -0.05) is 37.3 Å². The zero-order chi connectivity index (χ0) is 14.8. The largest absolute Gasteiger partial charge is 0.378 e. The Bertz CT molecular complexity index is 485. The summed E-state index contributed by atoms with van der Waals surface area (Å²) >= 11 is 0. The number of benzene rings is 1. The van der Waals surface area contributed by atoms with E-state index in [-0.39, 0.29) is 18.1 Å². The van der Waals surface area contributed by atoms with Gasteiger partial charge in [0, 0.05) is 12.6 Å². The van der Waals surface area contributed by atoms with Crippen LogP contribution in [-0.4, -0.2) is 35.6 Å². The van der Waals surface area contributed by atoms with Crippen molar-refractivity contribution in [1.29, 1.82) is 0 Å². The van der Waals surface area contributed by atoms with Gasteiger partial charge in [0.1, 0.15) is 6.17 Å². The molecular formula is C17H24N2O2. The third kappa shape index (κ3) is 2.70. The van der Waals surface area contributed by atoms with Gasteiger partial charge in [-0.3, -0.25) is 10.1 Å². The summed E-state index contributed by atoms with van der Waals surface area (Å²) in [4.78, 5) is 14.7. The van der Waals surface area contributed by atoms with Crippen molar-refractivity contribution in [3.05, 3.63) is 35.9 Å². The lowest BCUT2D eigenvalue weighted by Crippen LogP contribution is -2.50. The van der Waals surface area contributed by atoms with Crippen LogP contribution in [0.25, 0.3) is 0 Å². The smallest absolute Gasteiger partial charge is 0.241 e. The van der Waals surface area contributed by atoms with Gasteiger partial charge in [0.15, 0.2) is 0 Å². The summed E-state index contributed by atoms with van der Waals surface area (Å²) in [5.74, 6) is 0.242. The minimum Gasteiger partial charge on any atom is -0.378 e. The topological polar surface area (TPSA) is 41.6 Å². The second kappa shape index (κ2) is 6.16. The number of amides is 1. The molecule has 4 heteroatoms. The second-order valence-electron chi connectivity index (χ2n) is 5.89. The second-order valence-corrected chi connectivity index (χ2v) is 5.89. The molecule has 1 saturated heterocycles. The average molecular weight is 288 g/mol. The third-order valence-corrected chi connectivity index (χ3v) is 4.58. The average Bonchev–Trinajstić information content (AvgIpc) is 2.80. The molecule has 1 amide bonds. The maximum absolute atomic E-state index is 12.6. The van der Waals surface area contributed by atoms with Crippen LogP contribution in [0.4, 0.5) is 0 Å². The molecule has 2 unspecified atom stereocenters. The molecule has 1 N–H and O–H groups in total. The van der Waals surface area contributed by atoms with Crippen LogP contribution in [0.15, 0.2) is 30.3 Å². The van der Waals surface area contributed by atoms with Crippen molar-refractivity contribution in [2.24, 2.45) is 0 Å².